The highest BCUT2D eigenvalue weighted by molar-refractivity contribution is 7.25. The van der Waals surface area contributed by atoms with Gasteiger partial charge in [-0.3, -0.25) is 0 Å². The SMILES string of the molecule is c1ccc(-n2c3ccccc3c3c(-c4cccc(N(c5ccc(-c6cccc7sc8ccccc8c67)cc5)c5cccc6oc7c8ccccc8ccc7c56)c4)cccc32)cc1. The molecule has 0 N–H and O–H groups in total. The number of hydrogen-bond donors (Lipinski definition) is 0. The van der Waals surface area contributed by atoms with Gasteiger partial charge in [0.25, 0.3) is 0 Å². The minimum atomic E-state index is 0.862. The minimum absolute atomic E-state index is 0.862. The van der Waals surface area contributed by atoms with Gasteiger partial charge >= 0.3 is 0 Å². The quantitative estimate of drug-likeness (QED) is 0.167. The van der Waals surface area contributed by atoms with E-state index in [-0.39, 0.29) is 0 Å². The molecular weight excluding hydrogens is 773 g/mol. The molecule has 0 aliphatic rings. The van der Waals surface area contributed by atoms with Crippen molar-refractivity contribution < 1.29 is 4.42 Å². The van der Waals surface area contributed by atoms with Crippen molar-refractivity contribution in [3.63, 3.8) is 0 Å². The first-order valence-electron chi connectivity index (χ1n) is 21.1. The maximum Gasteiger partial charge on any atom is 0.143 e. The minimum Gasteiger partial charge on any atom is -0.455 e. The van der Waals surface area contributed by atoms with Gasteiger partial charge in [0.15, 0.2) is 0 Å². The molecule has 0 bridgehead atoms. The summed E-state index contributed by atoms with van der Waals surface area (Å²) in [7, 11) is 0. The van der Waals surface area contributed by atoms with Crippen LogP contribution in [0.15, 0.2) is 223 Å². The highest BCUT2D eigenvalue weighted by atomic mass is 32.1. The summed E-state index contributed by atoms with van der Waals surface area (Å²) in [5.41, 5.74) is 13.3. The lowest BCUT2D eigenvalue weighted by Gasteiger charge is -2.27. The first-order chi connectivity index (χ1) is 30.8. The van der Waals surface area contributed by atoms with Crippen LogP contribution in [0, 0.1) is 0 Å². The molecule has 0 spiro atoms. The molecule has 0 fully saturated rings. The normalized spacial score (nSPS) is 11.9. The molecule has 10 aromatic carbocycles. The summed E-state index contributed by atoms with van der Waals surface area (Å²) in [6.07, 6.45) is 0. The van der Waals surface area contributed by atoms with Gasteiger partial charge in [0, 0.05) is 58.8 Å². The fourth-order valence-corrected chi connectivity index (χ4v) is 11.0. The first kappa shape index (κ1) is 34.9. The van der Waals surface area contributed by atoms with Crippen molar-refractivity contribution >= 4 is 103 Å². The summed E-state index contributed by atoms with van der Waals surface area (Å²) in [5.74, 6) is 0. The number of furan rings is 1. The summed E-state index contributed by atoms with van der Waals surface area (Å²) in [6.45, 7) is 0. The van der Waals surface area contributed by atoms with Crippen molar-refractivity contribution in [3.05, 3.63) is 218 Å². The molecule has 3 aromatic heterocycles. The van der Waals surface area contributed by atoms with Gasteiger partial charge in [0.1, 0.15) is 11.2 Å². The van der Waals surface area contributed by atoms with E-state index in [1.165, 1.54) is 58.7 Å². The van der Waals surface area contributed by atoms with Crippen LogP contribution in [0.3, 0.4) is 0 Å². The van der Waals surface area contributed by atoms with Crippen LogP contribution >= 0.6 is 11.3 Å². The number of para-hydroxylation sites is 2. The molecular formula is C58H36N2OS. The van der Waals surface area contributed by atoms with Crippen molar-refractivity contribution in [3.8, 4) is 27.9 Å². The molecule has 0 saturated carbocycles. The Morgan fingerprint density at radius 3 is 1.98 bits per heavy atom. The van der Waals surface area contributed by atoms with Gasteiger partial charge in [0.2, 0.25) is 0 Å². The zero-order valence-corrected chi connectivity index (χ0v) is 34.3. The average Bonchev–Trinajstić information content (AvgIpc) is 4.03. The van der Waals surface area contributed by atoms with Gasteiger partial charge in [-0.2, -0.15) is 0 Å². The Labute approximate surface area is 361 Å². The van der Waals surface area contributed by atoms with E-state index < -0.39 is 0 Å². The molecule has 4 heteroatoms. The summed E-state index contributed by atoms with van der Waals surface area (Å²) in [6, 6.07) is 79.1. The summed E-state index contributed by atoms with van der Waals surface area (Å²) in [4.78, 5) is 2.41. The molecule has 0 saturated heterocycles. The average molecular weight is 809 g/mol. The molecule has 0 radical (unpaired) electrons. The molecule has 290 valence electrons. The van der Waals surface area contributed by atoms with Crippen LogP contribution in [0.25, 0.3) is 103 Å². The van der Waals surface area contributed by atoms with Crippen LogP contribution < -0.4 is 4.90 Å². The Morgan fingerprint density at radius 1 is 0.403 bits per heavy atom. The number of nitrogens with zero attached hydrogens (tertiary/aromatic N) is 2. The maximum atomic E-state index is 6.77. The van der Waals surface area contributed by atoms with Crippen molar-refractivity contribution in [1.82, 2.24) is 4.57 Å². The topological polar surface area (TPSA) is 21.3 Å². The van der Waals surface area contributed by atoms with Crippen molar-refractivity contribution in [2.24, 2.45) is 0 Å². The van der Waals surface area contributed by atoms with Crippen LogP contribution in [-0.4, -0.2) is 4.57 Å². The lowest BCUT2D eigenvalue weighted by Crippen LogP contribution is -2.10. The zero-order valence-electron chi connectivity index (χ0n) is 33.5. The third kappa shape index (κ3) is 5.30. The number of anilines is 3. The number of fused-ring (bicyclic) bond motifs is 11. The summed E-state index contributed by atoms with van der Waals surface area (Å²) >= 11 is 1.86. The molecule has 0 amide bonds. The van der Waals surface area contributed by atoms with E-state index in [2.05, 4.69) is 228 Å². The molecule has 3 nitrogen and oxygen atoms in total. The lowest BCUT2D eigenvalue weighted by atomic mass is 9.97. The molecule has 13 rings (SSSR count). The molecule has 3 heterocycles. The molecule has 0 unspecified atom stereocenters. The third-order valence-corrected chi connectivity index (χ3v) is 13.7. The van der Waals surface area contributed by atoms with Crippen LogP contribution in [0.2, 0.25) is 0 Å². The second kappa shape index (κ2) is 13.8. The number of benzene rings is 10. The van der Waals surface area contributed by atoms with Crippen LogP contribution in [0.5, 0.6) is 0 Å². The van der Waals surface area contributed by atoms with E-state index in [0.29, 0.717) is 0 Å². The monoisotopic (exact) mass is 808 g/mol. The predicted molar refractivity (Wildman–Crippen MR) is 264 cm³/mol. The zero-order chi connectivity index (χ0) is 40.7. The Hall–Kier alpha value is -7.92. The number of hydrogen-bond acceptors (Lipinski definition) is 3. The van der Waals surface area contributed by atoms with Crippen molar-refractivity contribution in [2.45, 2.75) is 0 Å². The second-order valence-electron chi connectivity index (χ2n) is 16.0. The Bertz CT molecular complexity index is 3870. The van der Waals surface area contributed by atoms with Crippen LogP contribution in [0.1, 0.15) is 0 Å². The van der Waals surface area contributed by atoms with E-state index in [1.807, 2.05) is 11.3 Å². The fourth-order valence-electron chi connectivity index (χ4n) is 9.88. The fraction of sp³-hybridized carbons (Fsp3) is 0. The van der Waals surface area contributed by atoms with E-state index in [0.717, 1.165) is 61.0 Å². The standard InChI is InChI=1S/C58H36N2OS/c1-2-16-40(17-3-1)60-49-24-8-6-20-46(49)55-44(22-11-25-50(55)60)39-15-10-18-42(36-39)59(51-26-13-27-52-57(51)48-35-32-37-14-4-5-19-45(37)58(48)61-52)41-33-30-38(31-34-41)43-23-12-29-54-56(43)47-21-7-9-28-53(47)62-54/h1-36H. The number of rotatable bonds is 6. The second-order valence-corrected chi connectivity index (χ2v) is 17.1. The van der Waals surface area contributed by atoms with E-state index in [1.54, 1.807) is 0 Å². The Balaban J connectivity index is 1.03. The Morgan fingerprint density at radius 2 is 1.10 bits per heavy atom. The molecule has 13 aromatic rings. The molecule has 62 heavy (non-hydrogen) atoms. The Kier molecular flexibility index (Phi) is 7.78. The predicted octanol–water partition coefficient (Wildman–Crippen LogP) is 17.0. The van der Waals surface area contributed by atoms with Gasteiger partial charge < -0.3 is 13.9 Å². The van der Waals surface area contributed by atoms with Gasteiger partial charge in [-0.1, -0.05) is 140 Å². The highest BCUT2D eigenvalue weighted by Crippen LogP contribution is 2.47. The van der Waals surface area contributed by atoms with Gasteiger partial charge in [-0.05, 0) is 107 Å². The third-order valence-electron chi connectivity index (χ3n) is 12.6. The number of aromatic nitrogens is 1. The van der Waals surface area contributed by atoms with Crippen molar-refractivity contribution in [1.29, 1.82) is 0 Å². The summed E-state index contributed by atoms with van der Waals surface area (Å²) < 4.78 is 11.8. The van der Waals surface area contributed by atoms with E-state index >= 15 is 0 Å². The van der Waals surface area contributed by atoms with Crippen LogP contribution in [-0.2, 0) is 0 Å². The molecule has 0 aliphatic carbocycles. The van der Waals surface area contributed by atoms with Crippen LogP contribution in [0.4, 0.5) is 17.1 Å². The largest absolute Gasteiger partial charge is 0.455 e. The van der Waals surface area contributed by atoms with Gasteiger partial charge in [0.05, 0.1) is 22.1 Å². The summed E-state index contributed by atoms with van der Waals surface area (Å²) in [5, 5.41) is 9.56. The van der Waals surface area contributed by atoms with Crippen molar-refractivity contribution in [2.75, 3.05) is 4.90 Å². The maximum absolute atomic E-state index is 6.77. The molecule has 0 aliphatic heterocycles. The van der Waals surface area contributed by atoms with E-state index in [9.17, 15) is 0 Å². The first-order valence-corrected chi connectivity index (χ1v) is 21.9. The molecule has 0 atom stereocenters. The van der Waals surface area contributed by atoms with Gasteiger partial charge in [-0.15, -0.1) is 11.3 Å². The highest BCUT2D eigenvalue weighted by Gasteiger charge is 2.22. The van der Waals surface area contributed by atoms with Gasteiger partial charge in [-0.25, -0.2) is 0 Å². The number of thiophene rings is 1. The van der Waals surface area contributed by atoms with E-state index in [4.69, 9.17) is 4.42 Å². The lowest BCUT2D eigenvalue weighted by molar-refractivity contribution is 0.672. The smallest absolute Gasteiger partial charge is 0.143 e.